The molecule has 4 aliphatic carbocycles. The van der Waals surface area contributed by atoms with Crippen molar-refractivity contribution in [2.75, 3.05) is 0 Å². The smallest absolute Gasteiger partial charge is 0.0545 e. The van der Waals surface area contributed by atoms with E-state index < -0.39 is 0 Å². The zero-order chi connectivity index (χ0) is 14.0. The lowest BCUT2D eigenvalue weighted by Gasteiger charge is -2.60. The van der Waals surface area contributed by atoms with Crippen LogP contribution in [0, 0.1) is 34.5 Å². The van der Waals surface area contributed by atoms with Gasteiger partial charge in [-0.25, -0.2) is 0 Å². The molecule has 0 radical (unpaired) electrons. The molecule has 0 aliphatic heterocycles. The summed E-state index contributed by atoms with van der Waals surface area (Å²) >= 11 is 0. The van der Waals surface area contributed by atoms with Gasteiger partial charge in [0.15, 0.2) is 0 Å². The molecule has 4 fully saturated rings. The molecule has 4 rings (SSSR count). The Balaban J connectivity index is 1.64. The van der Waals surface area contributed by atoms with Crippen LogP contribution in [0.2, 0.25) is 0 Å². The van der Waals surface area contributed by atoms with Crippen LogP contribution in [0.3, 0.4) is 0 Å². The summed E-state index contributed by atoms with van der Waals surface area (Å²) in [5.74, 6) is 3.84. The van der Waals surface area contributed by atoms with Crippen molar-refractivity contribution in [1.29, 1.82) is 0 Å². The molecule has 1 nitrogen and oxygen atoms in total. The number of aliphatic hydroxyl groups excluding tert-OH is 1. The Kier molecular flexibility index (Phi) is 3.05. The fraction of sp³-hybridized carbons (Fsp3) is 1.00. The minimum absolute atomic E-state index is 0.00751. The van der Waals surface area contributed by atoms with Crippen LogP contribution in [0.5, 0.6) is 0 Å². The maximum absolute atomic E-state index is 10.2. The molecule has 0 aromatic carbocycles. The summed E-state index contributed by atoms with van der Waals surface area (Å²) in [5, 5.41) is 10.2. The van der Waals surface area contributed by atoms with Gasteiger partial charge in [-0.2, -0.15) is 0 Å². The van der Waals surface area contributed by atoms with Crippen molar-refractivity contribution < 1.29 is 5.11 Å². The largest absolute Gasteiger partial charge is 0.393 e. The second-order valence-corrected chi connectivity index (χ2v) is 9.18. The summed E-state index contributed by atoms with van der Waals surface area (Å²) in [6, 6.07) is 0. The van der Waals surface area contributed by atoms with E-state index in [-0.39, 0.29) is 6.10 Å². The number of fused-ring (bicyclic) bond motifs is 5. The molecule has 20 heavy (non-hydrogen) atoms. The molecule has 0 heterocycles. The normalized spacial score (nSPS) is 58.6. The summed E-state index contributed by atoms with van der Waals surface area (Å²) in [7, 11) is 0. The Morgan fingerprint density at radius 1 is 0.850 bits per heavy atom. The fourth-order valence-electron chi connectivity index (χ4n) is 7.32. The van der Waals surface area contributed by atoms with Gasteiger partial charge in [0.25, 0.3) is 0 Å². The van der Waals surface area contributed by atoms with Crippen LogP contribution in [-0.2, 0) is 0 Å². The van der Waals surface area contributed by atoms with Crippen LogP contribution < -0.4 is 0 Å². The van der Waals surface area contributed by atoms with E-state index in [1.54, 1.807) is 0 Å². The first-order chi connectivity index (χ1) is 9.53. The molecule has 1 N–H and O–H groups in total. The molecular weight excluding hydrogens is 244 g/mol. The van der Waals surface area contributed by atoms with E-state index in [9.17, 15) is 5.11 Å². The molecule has 1 heteroatoms. The zero-order valence-corrected chi connectivity index (χ0v) is 13.4. The van der Waals surface area contributed by atoms with Gasteiger partial charge in [-0.15, -0.1) is 0 Å². The number of hydrogen-bond donors (Lipinski definition) is 1. The third-order valence-corrected chi connectivity index (χ3v) is 8.37. The standard InChI is InChI=1S/C19H32O/c1-18-10-3-4-16(18)15-8-6-13-5-7-14(20)12-19(13,2)17(15)9-11-18/h13-17,20H,3-12H2,1-2H3. The van der Waals surface area contributed by atoms with Crippen molar-refractivity contribution in [3.63, 3.8) is 0 Å². The van der Waals surface area contributed by atoms with Gasteiger partial charge in [0.05, 0.1) is 6.10 Å². The topological polar surface area (TPSA) is 20.2 Å². The lowest BCUT2D eigenvalue weighted by atomic mass is 9.45. The molecule has 0 aromatic heterocycles. The van der Waals surface area contributed by atoms with Gasteiger partial charge in [-0.3, -0.25) is 0 Å². The van der Waals surface area contributed by atoms with Gasteiger partial charge in [0.2, 0.25) is 0 Å². The molecule has 0 bridgehead atoms. The molecule has 7 unspecified atom stereocenters. The van der Waals surface area contributed by atoms with E-state index in [4.69, 9.17) is 0 Å². The first-order valence-electron chi connectivity index (χ1n) is 9.21. The summed E-state index contributed by atoms with van der Waals surface area (Å²) in [5.41, 5.74) is 1.14. The average Bonchev–Trinajstić information content (AvgIpc) is 2.79. The maximum atomic E-state index is 10.2. The zero-order valence-electron chi connectivity index (χ0n) is 13.4. The summed E-state index contributed by atoms with van der Waals surface area (Å²) in [6.45, 7) is 5.14. The first kappa shape index (κ1) is 13.6. The summed E-state index contributed by atoms with van der Waals surface area (Å²) in [6.07, 6.45) is 13.8. The van der Waals surface area contributed by atoms with Crippen molar-refractivity contribution in [3.05, 3.63) is 0 Å². The summed E-state index contributed by atoms with van der Waals surface area (Å²) < 4.78 is 0. The van der Waals surface area contributed by atoms with Gasteiger partial charge in [-0.05, 0) is 92.3 Å². The minimum Gasteiger partial charge on any atom is -0.393 e. The second kappa shape index (κ2) is 4.48. The SMILES string of the molecule is CC12CCCC1C1CCC3CCC(O)CC3(C)C1CC2. The fourth-order valence-corrected chi connectivity index (χ4v) is 7.32. The van der Waals surface area contributed by atoms with E-state index in [0.29, 0.717) is 10.8 Å². The van der Waals surface area contributed by atoms with E-state index in [0.717, 1.165) is 36.5 Å². The van der Waals surface area contributed by atoms with E-state index in [2.05, 4.69) is 13.8 Å². The monoisotopic (exact) mass is 276 g/mol. The van der Waals surface area contributed by atoms with Crippen molar-refractivity contribution >= 4 is 0 Å². The molecule has 7 atom stereocenters. The van der Waals surface area contributed by atoms with Gasteiger partial charge >= 0.3 is 0 Å². The van der Waals surface area contributed by atoms with Crippen molar-refractivity contribution in [2.45, 2.75) is 84.2 Å². The molecular formula is C19H32O. The number of aliphatic hydroxyl groups is 1. The van der Waals surface area contributed by atoms with Crippen LogP contribution >= 0.6 is 0 Å². The van der Waals surface area contributed by atoms with Gasteiger partial charge < -0.3 is 5.11 Å². The molecule has 0 saturated heterocycles. The number of rotatable bonds is 0. The number of hydrogen-bond acceptors (Lipinski definition) is 1. The van der Waals surface area contributed by atoms with Gasteiger partial charge in [0, 0.05) is 0 Å². The highest BCUT2D eigenvalue weighted by atomic mass is 16.3. The van der Waals surface area contributed by atoms with Crippen molar-refractivity contribution in [2.24, 2.45) is 34.5 Å². The Hall–Kier alpha value is -0.0400. The van der Waals surface area contributed by atoms with E-state index in [1.165, 1.54) is 51.4 Å². The van der Waals surface area contributed by atoms with Gasteiger partial charge in [-0.1, -0.05) is 20.3 Å². The highest BCUT2D eigenvalue weighted by molar-refractivity contribution is 5.07. The van der Waals surface area contributed by atoms with Gasteiger partial charge in [0.1, 0.15) is 0 Å². The third kappa shape index (κ3) is 1.77. The predicted molar refractivity (Wildman–Crippen MR) is 82.4 cm³/mol. The molecule has 0 amide bonds. The van der Waals surface area contributed by atoms with Crippen molar-refractivity contribution in [3.8, 4) is 0 Å². The molecule has 114 valence electrons. The molecule has 4 saturated carbocycles. The van der Waals surface area contributed by atoms with Crippen molar-refractivity contribution in [1.82, 2.24) is 0 Å². The lowest BCUT2D eigenvalue weighted by Crippen LogP contribution is -2.53. The Bertz CT molecular complexity index is 391. The highest BCUT2D eigenvalue weighted by Crippen LogP contribution is 2.66. The van der Waals surface area contributed by atoms with Crippen LogP contribution in [0.25, 0.3) is 0 Å². The Morgan fingerprint density at radius 2 is 1.65 bits per heavy atom. The highest BCUT2D eigenvalue weighted by Gasteiger charge is 2.57. The van der Waals surface area contributed by atoms with E-state index >= 15 is 0 Å². The Labute approximate surface area is 124 Å². The minimum atomic E-state index is -0.00751. The molecule has 0 aromatic rings. The van der Waals surface area contributed by atoms with Crippen LogP contribution in [-0.4, -0.2) is 11.2 Å². The quantitative estimate of drug-likeness (QED) is 0.675. The van der Waals surface area contributed by atoms with Crippen LogP contribution in [0.1, 0.15) is 78.1 Å². The second-order valence-electron chi connectivity index (χ2n) is 9.18. The van der Waals surface area contributed by atoms with Crippen LogP contribution in [0.4, 0.5) is 0 Å². The van der Waals surface area contributed by atoms with Crippen LogP contribution in [0.15, 0.2) is 0 Å². The maximum Gasteiger partial charge on any atom is 0.0545 e. The lowest BCUT2D eigenvalue weighted by molar-refractivity contribution is -0.124. The molecule has 0 spiro atoms. The Morgan fingerprint density at radius 3 is 2.50 bits per heavy atom. The average molecular weight is 276 g/mol. The predicted octanol–water partition coefficient (Wildman–Crippen LogP) is 4.78. The first-order valence-corrected chi connectivity index (χ1v) is 9.21. The summed E-state index contributed by atoms with van der Waals surface area (Å²) in [4.78, 5) is 0. The van der Waals surface area contributed by atoms with E-state index in [1.807, 2.05) is 0 Å². The third-order valence-electron chi connectivity index (χ3n) is 8.37. The molecule has 4 aliphatic rings.